The highest BCUT2D eigenvalue weighted by atomic mass is 16.5. The van der Waals surface area contributed by atoms with Gasteiger partial charge in [-0.05, 0) is 23.1 Å². The fraction of sp³-hybridized carbons (Fsp3) is 0.389. The van der Waals surface area contributed by atoms with Crippen LogP contribution in [0.2, 0.25) is 0 Å². The summed E-state index contributed by atoms with van der Waals surface area (Å²) in [5.74, 6) is -0.0788. The first-order chi connectivity index (χ1) is 11.8. The van der Waals surface area contributed by atoms with Crippen molar-refractivity contribution in [3.05, 3.63) is 53.1 Å². The van der Waals surface area contributed by atoms with Crippen molar-refractivity contribution in [2.45, 2.75) is 39.3 Å². The molecule has 0 fully saturated rings. The number of imidazole rings is 1. The fourth-order valence-electron chi connectivity index (χ4n) is 2.89. The predicted octanol–water partition coefficient (Wildman–Crippen LogP) is 1.96. The van der Waals surface area contributed by atoms with E-state index >= 15 is 0 Å². The Labute approximate surface area is 146 Å². The number of carbonyl (C=O) groups excluding carboxylic acids is 2. The van der Waals surface area contributed by atoms with Crippen molar-refractivity contribution >= 4 is 11.8 Å². The lowest BCUT2D eigenvalue weighted by Gasteiger charge is -2.28. The molecule has 7 heteroatoms. The minimum Gasteiger partial charge on any atom is -0.331 e. The largest absolute Gasteiger partial charge is 0.331 e. The summed E-state index contributed by atoms with van der Waals surface area (Å²) in [6.45, 7) is 7.84. The van der Waals surface area contributed by atoms with Crippen molar-refractivity contribution in [2.24, 2.45) is 0 Å². The first kappa shape index (κ1) is 17.2. The number of carbonyl (C=O) groups is 2. The van der Waals surface area contributed by atoms with E-state index in [0.717, 1.165) is 0 Å². The van der Waals surface area contributed by atoms with Crippen molar-refractivity contribution in [1.29, 1.82) is 0 Å². The SMILES string of the molecule is CC(C)(C)c1ccc(C(=O)N2CCn3cc(C(=O)NO)nc3C2)cc1. The first-order valence-electron chi connectivity index (χ1n) is 8.20. The van der Waals surface area contributed by atoms with Crippen LogP contribution in [-0.2, 0) is 18.5 Å². The maximum absolute atomic E-state index is 12.7. The van der Waals surface area contributed by atoms with E-state index in [4.69, 9.17) is 5.21 Å². The van der Waals surface area contributed by atoms with Crippen LogP contribution in [0.4, 0.5) is 0 Å². The topological polar surface area (TPSA) is 87.5 Å². The number of nitrogens with one attached hydrogen (secondary N) is 1. The lowest BCUT2D eigenvalue weighted by Crippen LogP contribution is -2.38. The molecular weight excluding hydrogens is 320 g/mol. The van der Waals surface area contributed by atoms with Crippen LogP contribution in [-0.4, -0.2) is 38.0 Å². The van der Waals surface area contributed by atoms with Gasteiger partial charge < -0.3 is 9.47 Å². The molecular formula is C18H22N4O3. The molecule has 1 aromatic heterocycles. The van der Waals surface area contributed by atoms with E-state index in [9.17, 15) is 9.59 Å². The van der Waals surface area contributed by atoms with E-state index in [1.807, 2.05) is 28.8 Å². The van der Waals surface area contributed by atoms with Crippen molar-refractivity contribution in [2.75, 3.05) is 6.54 Å². The van der Waals surface area contributed by atoms with Gasteiger partial charge >= 0.3 is 0 Å². The minimum absolute atomic E-state index is 0.0428. The van der Waals surface area contributed by atoms with Gasteiger partial charge in [-0.25, -0.2) is 10.5 Å². The van der Waals surface area contributed by atoms with Crippen LogP contribution in [0.25, 0.3) is 0 Å². The molecule has 0 spiro atoms. The smallest absolute Gasteiger partial charge is 0.294 e. The molecule has 0 saturated heterocycles. The third-order valence-electron chi connectivity index (χ3n) is 4.42. The Bertz CT molecular complexity index is 803. The molecule has 1 aliphatic heterocycles. The number of rotatable bonds is 2. The predicted molar refractivity (Wildman–Crippen MR) is 91.4 cm³/mol. The molecule has 0 aliphatic carbocycles. The molecule has 2 aromatic rings. The summed E-state index contributed by atoms with van der Waals surface area (Å²) < 4.78 is 1.83. The van der Waals surface area contributed by atoms with Crippen molar-refractivity contribution in [1.82, 2.24) is 19.9 Å². The van der Waals surface area contributed by atoms with Gasteiger partial charge in [0.2, 0.25) is 0 Å². The van der Waals surface area contributed by atoms with Crippen LogP contribution in [0.15, 0.2) is 30.5 Å². The molecule has 0 saturated carbocycles. The molecule has 25 heavy (non-hydrogen) atoms. The van der Waals surface area contributed by atoms with Gasteiger partial charge in [0.05, 0.1) is 6.54 Å². The van der Waals surface area contributed by atoms with E-state index < -0.39 is 5.91 Å². The van der Waals surface area contributed by atoms with Crippen LogP contribution in [0.1, 0.15) is 53.0 Å². The zero-order chi connectivity index (χ0) is 18.2. The third-order valence-corrected chi connectivity index (χ3v) is 4.42. The number of aromatic nitrogens is 2. The van der Waals surface area contributed by atoms with E-state index in [-0.39, 0.29) is 17.0 Å². The lowest BCUT2D eigenvalue weighted by atomic mass is 9.86. The molecule has 132 valence electrons. The summed E-state index contributed by atoms with van der Waals surface area (Å²) in [6.07, 6.45) is 1.58. The van der Waals surface area contributed by atoms with Crippen LogP contribution < -0.4 is 5.48 Å². The summed E-state index contributed by atoms with van der Waals surface area (Å²) in [5, 5.41) is 8.70. The summed E-state index contributed by atoms with van der Waals surface area (Å²) in [7, 11) is 0. The molecule has 0 radical (unpaired) electrons. The van der Waals surface area contributed by atoms with E-state index in [2.05, 4.69) is 25.8 Å². The molecule has 7 nitrogen and oxygen atoms in total. The van der Waals surface area contributed by atoms with Crippen molar-refractivity contribution in [3.63, 3.8) is 0 Å². The molecule has 2 N–H and O–H groups in total. The summed E-state index contributed by atoms with van der Waals surface area (Å²) in [6, 6.07) is 7.69. The van der Waals surface area contributed by atoms with Gasteiger partial charge in [-0.3, -0.25) is 14.8 Å². The Balaban J connectivity index is 1.76. The first-order valence-corrected chi connectivity index (χ1v) is 8.20. The second-order valence-corrected chi connectivity index (χ2v) is 7.23. The Morgan fingerprint density at radius 2 is 1.84 bits per heavy atom. The molecule has 2 heterocycles. The van der Waals surface area contributed by atoms with Crippen molar-refractivity contribution < 1.29 is 14.8 Å². The van der Waals surface area contributed by atoms with Gasteiger partial charge in [-0.15, -0.1) is 0 Å². The Kier molecular flexibility index (Phi) is 4.34. The van der Waals surface area contributed by atoms with E-state index in [0.29, 0.717) is 31.0 Å². The molecule has 2 amide bonds. The van der Waals surface area contributed by atoms with Gasteiger partial charge in [-0.1, -0.05) is 32.9 Å². The fourth-order valence-corrected chi connectivity index (χ4v) is 2.89. The highest BCUT2D eigenvalue weighted by Crippen LogP contribution is 2.23. The van der Waals surface area contributed by atoms with Gasteiger partial charge in [0.1, 0.15) is 11.5 Å². The maximum atomic E-state index is 12.7. The molecule has 1 aromatic carbocycles. The second kappa shape index (κ2) is 6.33. The summed E-state index contributed by atoms with van der Waals surface area (Å²) >= 11 is 0. The number of benzene rings is 1. The standard InChI is InChI=1S/C18H22N4O3/c1-18(2,3)13-6-4-12(5-7-13)17(24)22-9-8-21-10-14(16(23)20-25)19-15(21)11-22/h4-7,10,25H,8-9,11H2,1-3H3,(H,20,23). The van der Waals surface area contributed by atoms with E-state index in [1.165, 1.54) is 5.56 Å². The molecule has 0 bridgehead atoms. The van der Waals surface area contributed by atoms with Gasteiger partial charge in [-0.2, -0.15) is 0 Å². The third kappa shape index (κ3) is 3.41. The second-order valence-electron chi connectivity index (χ2n) is 7.23. The Morgan fingerprint density at radius 3 is 2.44 bits per heavy atom. The zero-order valence-corrected chi connectivity index (χ0v) is 14.6. The quantitative estimate of drug-likeness (QED) is 0.645. The molecule has 0 unspecified atom stereocenters. The molecule has 1 aliphatic rings. The number of amides is 2. The van der Waals surface area contributed by atoms with Crippen LogP contribution in [0.5, 0.6) is 0 Å². The average Bonchev–Trinajstić information content (AvgIpc) is 3.03. The van der Waals surface area contributed by atoms with Crippen LogP contribution >= 0.6 is 0 Å². The normalized spacial score (nSPS) is 14.2. The highest BCUT2D eigenvalue weighted by molar-refractivity contribution is 5.94. The molecule has 3 rings (SSSR count). The number of hydroxylamine groups is 1. The average molecular weight is 342 g/mol. The number of nitrogens with zero attached hydrogens (tertiary/aromatic N) is 3. The summed E-state index contributed by atoms with van der Waals surface area (Å²) in [4.78, 5) is 30.1. The van der Waals surface area contributed by atoms with E-state index in [1.54, 1.807) is 16.6 Å². The maximum Gasteiger partial charge on any atom is 0.294 e. The lowest BCUT2D eigenvalue weighted by molar-refractivity contribution is 0.0700. The van der Waals surface area contributed by atoms with Crippen LogP contribution in [0, 0.1) is 0 Å². The number of hydrogen-bond acceptors (Lipinski definition) is 4. The monoisotopic (exact) mass is 342 g/mol. The van der Waals surface area contributed by atoms with Crippen LogP contribution in [0.3, 0.4) is 0 Å². The number of fused-ring (bicyclic) bond motifs is 1. The Morgan fingerprint density at radius 1 is 1.16 bits per heavy atom. The van der Waals surface area contributed by atoms with Gasteiger partial charge in [0, 0.05) is 24.8 Å². The van der Waals surface area contributed by atoms with Crippen molar-refractivity contribution in [3.8, 4) is 0 Å². The Hall–Kier alpha value is -2.67. The van der Waals surface area contributed by atoms with Gasteiger partial charge in [0.25, 0.3) is 11.8 Å². The highest BCUT2D eigenvalue weighted by Gasteiger charge is 2.25. The minimum atomic E-state index is -0.655. The summed E-state index contributed by atoms with van der Waals surface area (Å²) in [5.41, 5.74) is 3.57. The number of hydrogen-bond donors (Lipinski definition) is 2. The zero-order valence-electron chi connectivity index (χ0n) is 14.6. The molecule has 0 atom stereocenters. The van der Waals surface area contributed by atoms with Gasteiger partial charge in [0.15, 0.2) is 0 Å².